The van der Waals surface area contributed by atoms with Gasteiger partial charge in [-0.05, 0) is 32.6 Å². The zero-order valence-electron chi connectivity index (χ0n) is 13.3. The predicted molar refractivity (Wildman–Crippen MR) is 86.6 cm³/mol. The van der Waals surface area contributed by atoms with Crippen LogP contribution in [0.25, 0.3) is 0 Å². The monoisotopic (exact) mass is 317 g/mol. The second kappa shape index (κ2) is 7.01. The topological polar surface area (TPSA) is 93.3 Å². The van der Waals surface area contributed by atoms with Crippen molar-refractivity contribution < 1.29 is 9.72 Å². The van der Waals surface area contributed by atoms with E-state index in [0.29, 0.717) is 16.8 Å². The second-order valence-electron chi connectivity index (χ2n) is 5.51. The molecule has 1 aromatic heterocycles. The van der Waals surface area contributed by atoms with Gasteiger partial charge in [0.1, 0.15) is 0 Å². The van der Waals surface area contributed by atoms with Gasteiger partial charge in [-0.25, -0.2) is 0 Å². The van der Waals surface area contributed by atoms with Gasteiger partial charge in [0.05, 0.1) is 23.4 Å². The van der Waals surface area contributed by atoms with E-state index in [0.717, 1.165) is 13.1 Å². The van der Waals surface area contributed by atoms with Crippen LogP contribution in [0.15, 0.2) is 30.6 Å². The largest absolute Gasteiger partial charge is 0.319 e. The van der Waals surface area contributed by atoms with Crippen LogP contribution in [-0.2, 0) is 6.54 Å². The van der Waals surface area contributed by atoms with Crippen molar-refractivity contribution in [3.63, 3.8) is 0 Å². The minimum atomic E-state index is -0.483. The highest BCUT2D eigenvalue weighted by atomic mass is 16.6. The fourth-order valence-corrected chi connectivity index (χ4v) is 2.07. The molecule has 23 heavy (non-hydrogen) atoms. The van der Waals surface area contributed by atoms with Crippen molar-refractivity contribution in [3.8, 4) is 0 Å². The Morgan fingerprint density at radius 3 is 2.78 bits per heavy atom. The summed E-state index contributed by atoms with van der Waals surface area (Å²) in [4.78, 5) is 24.6. The number of aromatic nitrogens is 2. The zero-order valence-corrected chi connectivity index (χ0v) is 13.3. The van der Waals surface area contributed by atoms with Gasteiger partial charge in [0.15, 0.2) is 0 Å². The summed E-state index contributed by atoms with van der Waals surface area (Å²) in [5, 5.41) is 17.7. The number of nitrogens with zero attached hydrogens (tertiary/aromatic N) is 4. The first-order valence-electron chi connectivity index (χ1n) is 7.10. The van der Waals surface area contributed by atoms with E-state index in [9.17, 15) is 14.9 Å². The van der Waals surface area contributed by atoms with Crippen LogP contribution in [0.2, 0.25) is 0 Å². The Morgan fingerprint density at radius 2 is 2.17 bits per heavy atom. The number of anilines is 1. The summed E-state index contributed by atoms with van der Waals surface area (Å²) in [6.07, 6.45) is 3.33. The van der Waals surface area contributed by atoms with Crippen molar-refractivity contribution in [3.05, 3.63) is 51.8 Å². The average Bonchev–Trinajstić information content (AvgIpc) is 2.92. The van der Waals surface area contributed by atoms with Crippen molar-refractivity contribution in [2.75, 3.05) is 26.0 Å². The third kappa shape index (κ3) is 4.36. The number of rotatable bonds is 6. The standard InChI is InChI=1S/C15H19N5O3/c1-11-8-13(20(22)23)4-5-14(11)15(21)17-12-9-16-19(10-12)7-6-18(2)3/h4-5,8-10H,6-7H2,1-3H3,(H,17,21). The zero-order chi connectivity index (χ0) is 17.0. The lowest BCUT2D eigenvalue weighted by molar-refractivity contribution is -0.384. The fourth-order valence-electron chi connectivity index (χ4n) is 2.07. The third-order valence-corrected chi connectivity index (χ3v) is 3.33. The number of carbonyl (C=O) groups excluding carboxylic acids is 1. The van der Waals surface area contributed by atoms with Crippen LogP contribution in [0, 0.1) is 17.0 Å². The van der Waals surface area contributed by atoms with Crippen molar-refractivity contribution >= 4 is 17.3 Å². The van der Waals surface area contributed by atoms with Crippen molar-refractivity contribution in [2.45, 2.75) is 13.5 Å². The van der Waals surface area contributed by atoms with Crippen LogP contribution >= 0.6 is 0 Å². The molecular formula is C15H19N5O3. The van der Waals surface area contributed by atoms with E-state index in [2.05, 4.69) is 10.4 Å². The van der Waals surface area contributed by atoms with Gasteiger partial charge >= 0.3 is 0 Å². The number of non-ortho nitro benzene ring substituents is 1. The number of benzene rings is 1. The highest BCUT2D eigenvalue weighted by Gasteiger charge is 2.14. The van der Waals surface area contributed by atoms with E-state index in [4.69, 9.17) is 0 Å². The normalized spacial score (nSPS) is 10.8. The minimum Gasteiger partial charge on any atom is -0.319 e. The van der Waals surface area contributed by atoms with Gasteiger partial charge < -0.3 is 10.2 Å². The van der Waals surface area contributed by atoms with Crippen LogP contribution in [0.4, 0.5) is 11.4 Å². The van der Waals surface area contributed by atoms with Gasteiger partial charge in [-0.3, -0.25) is 19.6 Å². The average molecular weight is 317 g/mol. The highest BCUT2D eigenvalue weighted by molar-refractivity contribution is 6.05. The molecule has 1 aromatic carbocycles. The first-order valence-corrected chi connectivity index (χ1v) is 7.10. The van der Waals surface area contributed by atoms with Crippen LogP contribution in [0.1, 0.15) is 15.9 Å². The van der Waals surface area contributed by atoms with Gasteiger partial charge in [-0.2, -0.15) is 5.10 Å². The van der Waals surface area contributed by atoms with E-state index in [-0.39, 0.29) is 11.6 Å². The summed E-state index contributed by atoms with van der Waals surface area (Å²) in [7, 11) is 3.95. The van der Waals surface area contributed by atoms with Crippen molar-refractivity contribution in [1.82, 2.24) is 14.7 Å². The Balaban J connectivity index is 2.06. The predicted octanol–water partition coefficient (Wildman–Crippen LogP) is 1.91. The summed E-state index contributed by atoms with van der Waals surface area (Å²) in [5.41, 5.74) is 1.51. The quantitative estimate of drug-likeness (QED) is 0.649. The molecule has 1 heterocycles. The molecule has 0 aliphatic carbocycles. The molecule has 0 atom stereocenters. The molecule has 0 saturated heterocycles. The molecule has 0 aliphatic heterocycles. The number of nitro benzene ring substituents is 1. The van der Waals surface area contributed by atoms with E-state index in [1.165, 1.54) is 18.2 Å². The number of aryl methyl sites for hydroxylation is 1. The van der Waals surface area contributed by atoms with Gasteiger partial charge in [0.25, 0.3) is 11.6 Å². The number of amides is 1. The molecule has 8 heteroatoms. The Kier molecular flexibility index (Phi) is 5.07. The van der Waals surface area contributed by atoms with E-state index < -0.39 is 4.92 Å². The maximum Gasteiger partial charge on any atom is 0.269 e. The summed E-state index contributed by atoms with van der Waals surface area (Å²) in [6, 6.07) is 4.16. The fraction of sp³-hybridized carbons (Fsp3) is 0.333. The number of nitrogens with one attached hydrogen (secondary N) is 1. The molecule has 1 N–H and O–H groups in total. The molecule has 0 fully saturated rings. The molecule has 0 aliphatic rings. The summed E-state index contributed by atoms with van der Waals surface area (Å²) in [6.45, 7) is 3.23. The number of carbonyl (C=O) groups is 1. The Hall–Kier alpha value is -2.74. The first-order chi connectivity index (χ1) is 10.9. The smallest absolute Gasteiger partial charge is 0.269 e. The van der Waals surface area contributed by atoms with E-state index in [1.54, 1.807) is 24.0 Å². The van der Waals surface area contributed by atoms with E-state index in [1.807, 2.05) is 19.0 Å². The molecule has 8 nitrogen and oxygen atoms in total. The molecule has 0 unspecified atom stereocenters. The highest BCUT2D eigenvalue weighted by Crippen LogP contribution is 2.18. The molecular weight excluding hydrogens is 298 g/mol. The van der Waals surface area contributed by atoms with Crippen molar-refractivity contribution in [1.29, 1.82) is 0 Å². The van der Waals surface area contributed by atoms with Gasteiger partial charge in [0, 0.05) is 30.4 Å². The summed E-state index contributed by atoms with van der Waals surface area (Å²) < 4.78 is 1.75. The lowest BCUT2D eigenvalue weighted by Gasteiger charge is -2.08. The van der Waals surface area contributed by atoms with Gasteiger partial charge in [-0.1, -0.05) is 0 Å². The first kappa shape index (κ1) is 16.6. The molecule has 122 valence electrons. The molecule has 0 saturated carbocycles. The Morgan fingerprint density at radius 1 is 1.43 bits per heavy atom. The maximum absolute atomic E-state index is 12.3. The SMILES string of the molecule is Cc1cc([N+](=O)[O-])ccc1C(=O)Nc1cnn(CCN(C)C)c1. The Bertz CT molecular complexity index is 724. The minimum absolute atomic E-state index is 0.0319. The maximum atomic E-state index is 12.3. The molecule has 1 amide bonds. The van der Waals surface area contributed by atoms with Gasteiger partial charge in [-0.15, -0.1) is 0 Å². The van der Waals surface area contributed by atoms with Crippen LogP contribution in [0.3, 0.4) is 0 Å². The number of hydrogen-bond acceptors (Lipinski definition) is 5. The van der Waals surface area contributed by atoms with Crippen LogP contribution in [0.5, 0.6) is 0 Å². The number of hydrogen-bond donors (Lipinski definition) is 1. The second-order valence-corrected chi connectivity index (χ2v) is 5.51. The summed E-state index contributed by atoms with van der Waals surface area (Å²) in [5.74, 6) is -0.315. The number of nitro groups is 1. The molecule has 2 aromatic rings. The molecule has 0 radical (unpaired) electrons. The molecule has 0 bridgehead atoms. The van der Waals surface area contributed by atoms with E-state index >= 15 is 0 Å². The summed E-state index contributed by atoms with van der Waals surface area (Å²) >= 11 is 0. The van der Waals surface area contributed by atoms with Crippen molar-refractivity contribution in [2.24, 2.45) is 0 Å². The Labute approximate surface area is 133 Å². The van der Waals surface area contributed by atoms with Crippen LogP contribution < -0.4 is 5.32 Å². The lowest BCUT2D eigenvalue weighted by Crippen LogP contribution is -2.18. The lowest BCUT2D eigenvalue weighted by atomic mass is 10.1. The number of likely N-dealkylation sites (N-methyl/N-ethyl adjacent to an activating group) is 1. The molecule has 2 rings (SSSR count). The van der Waals surface area contributed by atoms with Crippen LogP contribution in [-0.4, -0.2) is 46.2 Å². The molecule has 0 spiro atoms. The van der Waals surface area contributed by atoms with Gasteiger partial charge in [0.2, 0.25) is 0 Å². The third-order valence-electron chi connectivity index (χ3n) is 3.33.